The van der Waals surface area contributed by atoms with Gasteiger partial charge in [0.05, 0.1) is 17.2 Å². The van der Waals surface area contributed by atoms with Gasteiger partial charge in [-0.25, -0.2) is 9.98 Å². The highest BCUT2D eigenvalue weighted by atomic mass is 127. The average Bonchev–Trinajstić information content (AvgIpc) is 2.88. The fourth-order valence-electron chi connectivity index (χ4n) is 3.01. The third-order valence-electron chi connectivity index (χ3n) is 4.54. The Morgan fingerprint density at radius 2 is 2.00 bits per heavy atom. The van der Waals surface area contributed by atoms with E-state index in [0.29, 0.717) is 6.54 Å². The summed E-state index contributed by atoms with van der Waals surface area (Å²) in [7, 11) is 0. The van der Waals surface area contributed by atoms with E-state index in [1.807, 2.05) is 0 Å². The number of rotatable bonds is 7. The van der Waals surface area contributed by atoms with Crippen molar-refractivity contribution in [2.45, 2.75) is 53.5 Å². The normalized spacial score (nSPS) is 16.6. The van der Waals surface area contributed by atoms with Crippen LogP contribution in [0.2, 0.25) is 0 Å². The zero-order valence-corrected chi connectivity index (χ0v) is 19.2. The summed E-state index contributed by atoms with van der Waals surface area (Å²) in [5, 5.41) is 7.91. The van der Waals surface area contributed by atoms with E-state index in [-0.39, 0.29) is 24.0 Å². The summed E-state index contributed by atoms with van der Waals surface area (Å²) in [6.07, 6.45) is 3.87. The molecule has 2 N–H and O–H groups in total. The molecule has 1 aliphatic rings. The second-order valence-corrected chi connectivity index (χ2v) is 8.03. The molecular formula is C18H34IN5S. The van der Waals surface area contributed by atoms with Gasteiger partial charge in [0, 0.05) is 18.0 Å². The van der Waals surface area contributed by atoms with Gasteiger partial charge in [0.15, 0.2) is 5.96 Å². The fourth-order valence-corrected chi connectivity index (χ4v) is 3.87. The lowest BCUT2D eigenvalue weighted by Crippen LogP contribution is -2.39. The van der Waals surface area contributed by atoms with E-state index in [0.717, 1.165) is 42.1 Å². The first kappa shape index (κ1) is 22.6. The number of hydrogen-bond acceptors (Lipinski definition) is 4. The third-order valence-corrected chi connectivity index (χ3v) is 5.60. The van der Waals surface area contributed by atoms with Crippen LogP contribution in [0.25, 0.3) is 0 Å². The van der Waals surface area contributed by atoms with Crippen LogP contribution in [-0.2, 0) is 6.54 Å². The van der Waals surface area contributed by atoms with Crippen LogP contribution >= 0.6 is 35.3 Å². The molecule has 0 bridgehead atoms. The molecule has 2 rings (SSSR count). The van der Waals surface area contributed by atoms with E-state index < -0.39 is 0 Å². The molecule has 1 aliphatic heterocycles. The van der Waals surface area contributed by atoms with Crippen molar-refractivity contribution in [2.75, 3.05) is 32.7 Å². The molecule has 7 heteroatoms. The van der Waals surface area contributed by atoms with Crippen LogP contribution < -0.4 is 10.6 Å². The van der Waals surface area contributed by atoms with Crippen LogP contribution in [0, 0.1) is 19.8 Å². The highest BCUT2D eigenvalue weighted by molar-refractivity contribution is 14.0. The maximum absolute atomic E-state index is 4.70. The number of hydrogen-bond donors (Lipinski definition) is 2. The topological polar surface area (TPSA) is 52.6 Å². The summed E-state index contributed by atoms with van der Waals surface area (Å²) < 4.78 is 0. The number of nitrogens with zero attached hydrogens (tertiary/aromatic N) is 3. The van der Waals surface area contributed by atoms with Gasteiger partial charge < -0.3 is 15.5 Å². The van der Waals surface area contributed by atoms with Crippen molar-refractivity contribution < 1.29 is 0 Å². The highest BCUT2D eigenvalue weighted by Gasteiger charge is 2.14. The number of halogens is 1. The first-order valence-corrected chi connectivity index (χ1v) is 10.1. The average molecular weight is 479 g/mol. The molecule has 0 aliphatic carbocycles. The maximum Gasteiger partial charge on any atom is 0.191 e. The van der Waals surface area contributed by atoms with Gasteiger partial charge in [0.1, 0.15) is 0 Å². The molecule has 144 valence electrons. The number of aryl methyl sites for hydroxylation is 2. The Hall–Kier alpha value is -0.410. The van der Waals surface area contributed by atoms with Crippen molar-refractivity contribution in [3.8, 4) is 0 Å². The summed E-state index contributed by atoms with van der Waals surface area (Å²) >= 11 is 1.74. The SMILES string of the molecule is CCNC(=NCc1sc(C)nc1C)NCCCN1CCC(C)CC1.I. The van der Waals surface area contributed by atoms with E-state index in [9.17, 15) is 0 Å². The summed E-state index contributed by atoms with van der Waals surface area (Å²) in [6, 6.07) is 0. The lowest BCUT2D eigenvalue weighted by atomic mass is 9.99. The minimum atomic E-state index is 0. The summed E-state index contributed by atoms with van der Waals surface area (Å²) in [5.41, 5.74) is 1.11. The van der Waals surface area contributed by atoms with Gasteiger partial charge in [0.25, 0.3) is 0 Å². The fraction of sp³-hybridized carbons (Fsp3) is 0.778. The Morgan fingerprint density at radius 1 is 1.28 bits per heavy atom. The smallest absolute Gasteiger partial charge is 0.191 e. The molecular weight excluding hydrogens is 445 g/mol. The van der Waals surface area contributed by atoms with Gasteiger partial charge in [-0.15, -0.1) is 35.3 Å². The number of likely N-dealkylation sites (tertiary alicyclic amines) is 1. The third kappa shape index (κ3) is 8.21. The predicted octanol–water partition coefficient (Wildman–Crippen LogP) is 3.56. The number of nitrogens with one attached hydrogen (secondary N) is 2. The molecule has 2 heterocycles. The molecule has 1 aromatic heterocycles. The number of aromatic nitrogens is 1. The Labute approximate surface area is 174 Å². The van der Waals surface area contributed by atoms with Gasteiger partial charge in [-0.2, -0.15) is 0 Å². The molecule has 0 amide bonds. The van der Waals surface area contributed by atoms with Crippen molar-refractivity contribution in [2.24, 2.45) is 10.9 Å². The van der Waals surface area contributed by atoms with Crippen LogP contribution in [0.3, 0.4) is 0 Å². The van der Waals surface area contributed by atoms with Crippen LogP contribution in [0.4, 0.5) is 0 Å². The maximum atomic E-state index is 4.70. The number of aliphatic imine (C=N–C) groups is 1. The zero-order valence-electron chi connectivity index (χ0n) is 16.1. The van der Waals surface area contributed by atoms with E-state index in [4.69, 9.17) is 4.99 Å². The van der Waals surface area contributed by atoms with Crippen molar-refractivity contribution in [3.63, 3.8) is 0 Å². The van der Waals surface area contributed by atoms with Gasteiger partial charge >= 0.3 is 0 Å². The van der Waals surface area contributed by atoms with E-state index in [1.165, 1.54) is 37.4 Å². The number of piperidine rings is 1. The molecule has 0 radical (unpaired) electrons. The minimum Gasteiger partial charge on any atom is -0.357 e. The van der Waals surface area contributed by atoms with Crippen molar-refractivity contribution >= 4 is 41.3 Å². The monoisotopic (exact) mass is 479 g/mol. The van der Waals surface area contributed by atoms with Crippen molar-refractivity contribution in [1.29, 1.82) is 0 Å². The molecule has 0 spiro atoms. The van der Waals surface area contributed by atoms with E-state index in [2.05, 4.69) is 48.2 Å². The van der Waals surface area contributed by atoms with Crippen LogP contribution in [-0.4, -0.2) is 48.6 Å². The van der Waals surface area contributed by atoms with E-state index >= 15 is 0 Å². The number of guanidine groups is 1. The molecule has 1 aromatic rings. The molecule has 0 aromatic carbocycles. The van der Waals surface area contributed by atoms with E-state index in [1.54, 1.807) is 11.3 Å². The minimum absolute atomic E-state index is 0. The van der Waals surface area contributed by atoms with Gasteiger partial charge in [0.2, 0.25) is 0 Å². The molecule has 1 saturated heterocycles. The molecule has 0 unspecified atom stereocenters. The van der Waals surface area contributed by atoms with Crippen molar-refractivity contribution in [1.82, 2.24) is 20.5 Å². The Kier molecular flexibility index (Phi) is 10.9. The summed E-state index contributed by atoms with van der Waals surface area (Å²) in [6.45, 7) is 14.9. The Bertz CT molecular complexity index is 524. The highest BCUT2D eigenvalue weighted by Crippen LogP contribution is 2.18. The lowest BCUT2D eigenvalue weighted by molar-refractivity contribution is 0.191. The molecule has 0 saturated carbocycles. The zero-order chi connectivity index (χ0) is 17.4. The van der Waals surface area contributed by atoms with Crippen LogP contribution in [0.5, 0.6) is 0 Å². The summed E-state index contributed by atoms with van der Waals surface area (Å²) in [4.78, 5) is 13.0. The largest absolute Gasteiger partial charge is 0.357 e. The standard InChI is InChI=1S/C18H33N5S.HI/c1-5-19-18(21-13-17-15(3)22-16(4)24-17)20-9-6-10-23-11-7-14(2)8-12-23;/h14H,5-13H2,1-4H3,(H2,19,20,21);1H. The van der Waals surface area contributed by atoms with Crippen LogP contribution in [0.15, 0.2) is 4.99 Å². The predicted molar refractivity (Wildman–Crippen MR) is 119 cm³/mol. The van der Waals surface area contributed by atoms with Gasteiger partial charge in [-0.05, 0) is 65.6 Å². The Balaban J connectivity index is 0.00000312. The van der Waals surface area contributed by atoms with Crippen molar-refractivity contribution in [3.05, 3.63) is 15.6 Å². The molecule has 0 atom stereocenters. The molecule has 1 fully saturated rings. The van der Waals surface area contributed by atoms with Gasteiger partial charge in [-0.1, -0.05) is 6.92 Å². The first-order chi connectivity index (χ1) is 11.6. The Morgan fingerprint density at radius 3 is 2.60 bits per heavy atom. The van der Waals surface area contributed by atoms with Gasteiger partial charge in [-0.3, -0.25) is 0 Å². The first-order valence-electron chi connectivity index (χ1n) is 9.26. The lowest BCUT2D eigenvalue weighted by Gasteiger charge is -2.30. The number of thiazole rings is 1. The quantitative estimate of drug-likeness (QED) is 0.272. The summed E-state index contributed by atoms with van der Waals surface area (Å²) in [5.74, 6) is 1.82. The van der Waals surface area contributed by atoms with Crippen LogP contribution in [0.1, 0.15) is 48.7 Å². The second-order valence-electron chi connectivity index (χ2n) is 6.74. The second kappa shape index (κ2) is 12.1. The molecule has 5 nitrogen and oxygen atoms in total. The molecule has 25 heavy (non-hydrogen) atoms.